The van der Waals surface area contributed by atoms with E-state index in [1.165, 1.54) is 19.0 Å². The number of aliphatic hydroxyl groups is 1. The summed E-state index contributed by atoms with van der Waals surface area (Å²) in [4.78, 5) is 75.1. The van der Waals surface area contributed by atoms with Crippen molar-refractivity contribution >= 4 is 78.6 Å². The average Bonchev–Trinajstić information content (AvgIpc) is 4.12. The number of nitriles is 1. The van der Waals surface area contributed by atoms with Gasteiger partial charge in [-0.2, -0.15) is 10.2 Å². The summed E-state index contributed by atoms with van der Waals surface area (Å²) in [6, 6.07) is 8.97. The van der Waals surface area contributed by atoms with Gasteiger partial charge in [0.2, 0.25) is 11.9 Å². The van der Waals surface area contributed by atoms with Gasteiger partial charge in [0.05, 0.1) is 68.8 Å². The Hall–Kier alpha value is -4.88. The van der Waals surface area contributed by atoms with Gasteiger partial charge in [-0.15, -0.1) is 0 Å². The standard InChI is InChI=1S/C48H71N11O13P2Si2/c1-28(2)43(61)56-46-55-42-35(45(63)57-46)53-27-59(42)32-21-30(23-60)37(71-75(9,10)47(3,4)5)38(32)70-74(66,67-20-16-19-49)68-24-31-22-33(39(36(31)69-73(64)65)72-76(11,12)48(6,7)8)58-26-52-34-40(50-25-51-41(34)58)54-44(62)29-17-14-13-15-18-29/h13-15,17-18,25-28,30-33,36-39,60,73H,16,20-24H2,1-12H3,(H,64,65)(H,50,51,54,62)(H2,55,56,57,61,63)/t30-,31-,32-,33-,36-,37-,38+,39+,74?/m1/s1. The summed E-state index contributed by atoms with van der Waals surface area (Å²) in [5, 5.41) is 25.4. The molecule has 0 saturated heterocycles. The smallest absolute Gasteiger partial charge is 0.411 e. The molecule has 2 fully saturated rings. The van der Waals surface area contributed by atoms with Crippen LogP contribution in [-0.2, 0) is 40.9 Å². The van der Waals surface area contributed by atoms with Crippen LogP contribution in [0.4, 0.5) is 11.8 Å². The number of aromatic nitrogens is 8. The van der Waals surface area contributed by atoms with E-state index >= 15 is 4.57 Å². The Labute approximate surface area is 443 Å². The second-order valence-corrected chi connectivity index (χ2v) is 34.5. The molecule has 0 aliphatic heterocycles. The van der Waals surface area contributed by atoms with E-state index in [4.69, 9.17) is 26.9 Å². The first-order valence-electron chi connectivity index (χ1n) is 25.2. The first kappa shape index (κ1) is 58.8. The molecule has 5 aromatic rings. The number of phosphoric acid groups is 1. The SMILES string of the molecule is CC(C)C(=O)Nc1nc2c(ncn2[C@@H]2C[C@H](CO)[C@@H](O[Si](C)(C)C(C)(C)C)[C@H]2OP(=O)(OCCC#N)OC[C@H]2C[C@@H](n3cnc4c(NC(=O)c5ccccc5)ncnc43)[C@H](O[Si](C)(C)C(C)(C)C)[C@@H]2O[PH](=O)O)c(=O)[nH]1. The van der Waals surface area contributed by atoms with Gasteiger partial charge in [0.15, 0.2) is 44.8 Å². The average molecular weight is 1130 g/mol. The van der Waals surface area contributed by atoms with Crippen LogP contribution in [0.25, 0.3) is 22.3 Å². The van der Waals surface area contributed by atoms with Crippen molar-refractivity contribution in [2.24, 2.45) is 17.8 Å². The van der Waals surface area contributed by atoms with E-state index in [9.17, 15) is 34.2 Å². The number of fused-ring (bicyclic) bond motifs is 2. The molecule has 0 radical (unpaired) electrons. The lowest BCUT2D eigenvalue weighted by molar-refractivity contribution is -0.118. The number of imidazole rings is 2. The number of benzene rings is 1. The van der Waals surface area contributed by atoms with Crippen LogP contribution in [0.3, 0.4) is 0 Å². The molecule has 2 aliphatic rings. The summed E-state index contributed by atoms with van der Waals surface area (Å²) in [5.74, 6) is -2.74. The van der Waals surface area contributed by atoms with Crippen LogP contribution in [0.15, 0.2) is 54.1 Å². The Balaban J connectivity index is 1.29. The highest BCUT2D eigenvalue weighted by Gasteiger charge is 2.55. The second kappa shape index (κ2) is 23.2. The molecule has 28 heteroatoms. The number of aliphatic hydroxyl groups excluding tert-OH is 1. The molecule has 2 amide bonds. The van der Waals surface area contributed by atoms with Gasteiger partial charge in [-0.1, -0.05) is 73.6 Å². The minimum atomic E-state index is -4.87. The van der Waals surface area contributed by atoms with Crippen molar-refractivity contribution in [3.05, 3.63) is 65.2 Å². The van der Waals surface area contributed by atoms with Gasteiger partial charge in [0, 0.05) is 29.9 Å². The second-order valence-electron chi connectivity index (χ2n) is 22.6. The zero-order chi connectivity index (χ0) is 55.7. The molecule has 2 unspecified atom stereocenters. The van der Waals surface area contributed by atoms with E-state index < -0.39 is 118 Å². The van der Waals surface area contributed by atoms with Gasteiger partial charge >= 0.3 is 16.1 Å². The third kappa shape index (κ3) is 12.8. The lowest BCUT2D eigenvalue weighted by Crippen LogP contribution is -2.49. The zero-order valence-corrected chi connectivity index (χ0v) is 48.9. The van der Waals surface area contributed by atoms with Gasteiger partial charge in [-0.05, 0) is 61.2 Å². The number of nitrogens with one attached hydrogen (secondary N) is 3. The Kier molecular flexibility index (Phi) is 18.0. The number of rotatable bonds is 21. The fraction of sp³-hybridized carbons (Fsp3) is 0.604. The number of nitrogens with zero attached hydrogens (tertiary/aromatic N) is 8. The van der Waals surface area contributed by atoms with Gasteiger partial charge in [-0.3, -0.25) is 42.8 Å². The van der Waals surface area contributed by atoms with Gasteiger partial charge in [-0.25, -0.2) is 24.5 Å². The maximum absolute atomic E-state index is 15.6. The number of carbonyl (C=O) groups excluding carboxylic acids is 2. The third-order valence-electron chi connectivity index (χ3n) is 15.1. The van der Waals surface area contributed by atoms with Gasteiger partial charge in [0.25, 0.3) is 11.5 Å². The summed E-state index contributed by atoms with van der Waals surface area (Å²) in [6.07, 6.45) is -0.101. The number of hydrogen-bond acceptors (Lipinski definition) is 18. The molecular formula is C48H71N11O13P2Si2. The molecule has 2 aliphatic carbocycles. The highest BCUT2D eigenvalue weighted by Crippen LogP contribution is 2.58. The molecule has 76 heavy (non-hydrogen) atoms. The van der Waals surface area contributed by atoms with Crippen molar-refractivity contribution < 1.29 is 55.7 Å². The summed E-state index contributed by atoms with van der Waals surface area (Å²) >= 11 is 0. The van der Waals surface area contributed by atoms with E-state index in [0.717, 1.165) is 0 Å². The first-order chi connectivity index (χ1) is 35.6. The van der Waals surface area contributed by atoms with Crippen LogP contribution < -0.4 is 16.2 Å². The molecule has 24 nitrogen and oxygen atoms in total. The van der Waals surface area contributed by atoms with E-state index in [1.807, 2.05) is 73.8 Å². The number of hydrogen-bond donors (Lipinski definition) is 5. The Bertz CT molecular complexity index is 3060. The fourth-order valence-electron chi connectivity index (χ4n) is 8.85. The number of H-pyrrole nitrogens is 1. The number of phosphoric ester groups is 1. The number of aromatic amines is 1. The third-order valence-corrected chi connectivity index (χ3v) is 26.0. The van der Waals surface area contributed by atoms with Crippen molar-refractivity contribution in [3.8, 4) is 6.07 Å². The topological polar surface area (TPSA) is 319 Å². The Morgan fingerprint density at radius 3 is 2.08 bits per heavy atom. The Morgan fingerprint density at radius 2 is 1.47 bits per heavy atom. The van der Waals surface area contributed by atoms with Gasteiger partial charge < -0.3 is 37.8 Å². The normalized spacial score (nSPS) is 23.7. The van der Waals surface area contributed by atoms with Crippen molar-refractivity contribution in [3.63, 3.8) is 0 Å². The molecule has 5 N–H and O–H groups in total. The Morgan fingerprint density at radius 1 is 0.868 bits per heavy atom. The summed E-state index contributed by atoms with van der Waals surface area (Å²) in [6.45, 7) is 22.5. The predicted octanol–water partition coefficient (Wildman–Crippen LogP) is 7.91. The highest BCUT2D eigenvalue weighted by atomic mass is 31.2. The summed E-state index contributed by atoms with van der Waals surface area (Å²) < 4.78 is 70.9. The van der Waals surface area contributed by atoms with Crippen molar-refractivity contribution in [2.45, 2.75) is 147 Å². The predicted molar refractivity (Wildman–Crippen MR) is 288 cm³/mol. The largest absolute Gasteiger partial charge is 0.475 e. The van der Waals surface area contributed by atoms with Crippen molar-refractivity contribution in [1.82, 2.24) is 39.0 Å². The highest BCUT2D eigenvalue weighted by molar-refractivity contribution is 7.48. The number of amides is 2. The van der Waals surface area contributed by atoms with Crippen LogP contribution in [-0.4, -0.2) is 122 Å². The number of anilines is 2. The molecule has 0 spiro atoms. The van der Waals surface area contributed by atoms with Crippen LogP contribution in [0, 0.1) is 29.1 Å². The van der Waals surface area contributed by atoms with Crippen molar-refractivity contribution in [1.29, 1.82) is 5.26 Å². The molecule has 0 bridgehead atoms. The summed E-state index contributed by atoms with van der Waals surface area (Å²) in [5.41, 5.74) is 0.324. The number of carbonyl (C=O) groups is 2. The lowest BCUT2D eigenvalue weighted by atomic mass is 10.1. The summed E-state index contributed by atoms with van der Waals surface area (Å²) in [7, 11) is -14.1. The van der Waals surface area contributed by atoms with Crippen LogP contribution >= 0.6 is 16.1 Å². The molecule has 7 rings (SSSR count). The molecule has 10 atom stereocenters. The molecule has 4 heterocycles. The first-order valence-corrected chi connectivity index (χ1v) is 33.7. The van der Waals surface area contributed by atoms with E-state index in [0.29, 0.717) is 11.2 Å². The maximum Gasteiger partial charge on any atom is 0.475 e. The van der Waals surface area contributed by atoms with Crippen molar-refractivity contribution in [2.75, 3.05) is 30.5 Å². The van der Waals surface area contributed by atoms with E-state index in [2.05, 4.69) is 40.5 Å². The fourth-order valence-corrected chi connectivity index (χ4v) is 13.5. The molecule has 414 valence electrons. The molecule has 4 aromatic heterocycles. The zero-order valence-electron chi connectivity index (χ0n) is 45.0. The molecule has 1 aromatic carbocycles. The molecule has 2 saturated carbocycles. The lowest BCUT2D eigenvalue weighted by Gasteiger charge is -2.41. The minimum Gasteiger partial charge on any atom is -0.411 e. The van der Waals surface area contributed by atoms with Gasteiger partial charge in [0.1, 0.15) is 12.4 Å². The van der Waals surface area contributed by atoms with E-state index in [-0.39, 0.29) is 64.4 Å². The minimum absolute atomic E-state index is 0.0548. The van der Waals surface area contributed by atoms with E-state index in [1.54, 1.807) is 53.3 Å². The molecular weight excluding hydrogens is 1060 g/mol. The van der Waals surface area contributed by atoms with Crippen LogP contribution in [0.2, 0.25) is 36.3 Å². The maximum atomic E-state index is 15.6. The monoisotopic (exact) mass is 1130 g/mol. The van der Waals surface area contributed by atoms with Crippen LogP contribution in [0.1, 0.15) is 97.1 Å². The van der Waals surface area contributed by atoms with Crippen LogP contribution in [0.5, 0.6) is 0 Å². The quantitative estimate of drug-likeness (QED) is 0.0265.